The van der Waals surface area contributed by atoms with E-state index in [2.05, 4.69) is 11.3 Å². The summed E-state index contributed by atoms with van der Waals surface area (Å²) in [4.78, 5) is 26.5. The van der Waals surface area contributed by atoms with E-state index in [-0.39, 0.29) is 6.61 Å². The maximum Gasteiger partial charge on any atom is 0.500 e. The third-order valence-corrected chi connectivity index (χ3v) is 4.33. The van der Waals surface area contributed by atoms with Gasteiger partial charge in [-0.15, -0.1) is 4.67 Å². The van der Waals surface area contributed by atoms with Crippen LogP contribution in [0.4, 0.5) is 0 Å². The van der Waals surface area contributed by atoms with E-state index in [9.17, 15) is 14.3 Å². The Hall–Kier alpha value is -0.760. The van der Waals surface area contributed by atoms with Gasteiger partial charge in [-0.2, -0.15) is 0 Å². The van der Waals surface area contributed by atoms with Gasteiger partial charge in [-0.25, -0.2) is 14.2 Å². The highest BCUT2D eigenvalue weighted by Crippen LogP contribution is 2.48. The lowest BCUT2D eigenvalue weighted by Crippen LogP contribution is -2.51. The molecule has 0 heterocycles. The van der Waals surface area contributed by atoms with Crippen LogP contribution >= 0.6 is 7.82 Å². The second-order valence-corrected chi connectivity index (χ2v) is 10.8. The number of ether oxygens (including phenoxy) is 1. The topological polar surface area (TPSA) is 91.3 Å². The van der Waals surface area contributed by atoms with E-state index in [1.54, 1.807) is 27.7 Å². The van der Waals surface area contributed by atoms with Gasteiger partial charge in [0.05, 0.1) is 19.7 Å². The molecule has 2 unspecified atom stereocenters. The Morgan fingerprint density at radius 1 is 1.19 bits per heavy atom. The fourth-order valence-electron chi connectivity index (χ4n) is 1.85. The van der Waals surface area contributed by atoms with E-state index in [0.29, 0.717) is 23.1 Å². The number of phosphoric ester groups is 1. The molecule has 0 aliphatic heterocycles. The van der Waals surface area contributed by atoms with Crippen LogP contribution in [-0.2, 0) is 28.2 Å². The summed E-state index contributed by atoms with van der Waals surface area (Å²) in [6.07, 6.45) is -0.608. The van der Waals surface area contributed by atoms with E-state index < -0.39 is 30.9 Å². The molecule has 2 atom stereocenters. The first kappa shape index (κ1) is 26.2. The molecular formula is C18H37NO7P+. The summed E-state index contributed by atoms with van der Waals surface area (Å²) >= 11 is 0. The maximum atomic E-state index is 12.3. The molecule has 0 aromatic rings. The smallest absolute Gasteiger partial charge is 0.456 e. The number of quaternary nitrogens is 1. The van der Waals surface area contributed by atoms with E-state index >= 15 is 0 Å². The minimum atomic E-state index is -4.41. The molecule has 0 radical (unpaired) electrons. The largest absolute Gasteiger partial charge is 0.500 e. The van der Waals surface area contributed by atoms with Gasteiger partial charge in [-0.05, 0) is 33.1 Å². The Labute approximate surface area is 163 Å². The van der Waals surface area contributed by atoms with Crippen molar-refractivity contribution in [3.05, 3.63) is 12.2 Å². The molecule has 0 saturated carbocycles. The summed E-state index contributed by atoms with van der Waals surface area (Å²) in [5.41, 5.74) is -0.845. The number of carbonyl (C=O) groups excluding carboxylic acids is 1. The van der Waals surface area contributed by atoms with E-state index in [1.807, 2.05) is 34.9 Å². The number of rotatable bonds is 10. The van der Waals surface area contributed by atoms with Crippen LogP contribution in [0, 0.1) is 5.41 Å². The first-order valence-electron chi connectivity index (χ1n) is 8.88. The Morgan fingerprint density at radius 2 is 1.70 bits per heavy atom. The third-order valence-electron chi connectivity index (χ3n) is 3.55. The van der Waals surface area contributed by atoms with Crippen LogP contribution in [-0.4, -0.2) is 60.8 Å². The average molecular weight is 410 g/mol. The second kappa shape index (κ2) is 9.63. The van der Waals surface area contributed by atoms with Crippen LogP contribution in [0.1, 0.15) is 48.5 Å². The van der Waals surface area contributed by atoms with Crippen LogP contribution in [0.5, 0.6) is 0 Å². The van der Waals surface area contributed by atoms with Crippen molar-refractivity contribution >= 4 is 13.8 Å². The number of likely N-dealkylation sites (N-methyl/N-ethyl adjacent to an activating group) is 1. The van der Waals surface area contributed by atoms with Gasteiger partial charge in [-0.3, -0.25) is 4.52 Å². The van der Waals surface area contributed by atoms with Gasteiger partial charge in [0.15, 0.2) is 0 Å². The predicted molar refractivity (Wildman–Crippen MR) is 104 cm³/mol. The van der Waals surface area contributed by atoms with Crippen molar-refractivity contribution in [1.82, 2.24) is 0 Å². The summed E-state index contributed by atoms with van der Waals surface area (Å²) < 4.78 is 27.9. The first-order valence-corrected chi connectivity index (χ1v) is 10.4. The molecular weight excluding hydrogens is 373 g/mol. The molecule has 0 bridgehead atoms. The minimum Gasteiger partial charge on any atom is -0.456 e. The fraction of sp³-hybridized carbons (Fsp3) is 0.833. The summed E-state index contributed by atoms with van der Waals surface area (Å²) in [6.45, 7) is 17.0. The highest BCUT2D eigenvalue weighted by atomic mass is 31.2. The van der Waals surface area contributed by atoms with Crippen molar-refractivity contribution in [1.29, 1.82) is 0 Å². The van der Waals surface area contributed by atoms with Gasteiger partial charge < -0.3 is 14.1 Å². The Bertz CT molecular complexity index is 561. The van der Waals surface area contributed by atoms with Crippen LogP contribution in [0.25, 0.3) is 0 Å². The van der Waals surface area contributed by atoms with Crippen molar-refractivity contribution in [2.24, 2.45) is 5.41 Å². The zero-order chi connectivity index (χ0) is 21.7. The molecule has 0 rings (SSSR count). The number of carbonyl (C=O) groups is 1. The van der Waals surface area contributed by atoms with E-state index in [1.165, 1.54) is 0 Å². The molecule has 8 nitrogen and oxygen atoms in total. The molecule has 0 saturated heterocycles. The molecule has 0 aromatic heterocycles. The van der Waals surface area contributed by atoms with Crippen molar-refractivity contribution in [2.45, 2.75) is 60.2 Å². The van der Waals surface area contributed by atoms with Crippen molar-refractivity contribution in [3.8, 4) is 0 Å². The Kier molecular flexibility index (Phi) is 9.36. The summed E-state index contributed by atoms with van der Waals surface area (Å²) in [5.74, 6) is -0.439. The third kappa shape index (κ3) is 12.3. The number of hydrogen-bond donors (Lipinski definition) is 1. The lowest BCUT2D eigenvalue weighted by atomic mass is 9.88. The van der Waals surface area contributed by atoms with Crippen LogP contribution in [0.3, 0.4) is 0 Å². The number of phosphoric acid groups is 1. The Morgan fingerprint density at radius 3 is 2.11 bits per heavy atom. The highest BCUT2D eigenvalue weighted by Gasteiger charge is 2.39. The lowest BCUT2D eigenvalue weighted by Gasteiger charge is -2.38. The van der Waals surface area contributed by atoms with Crippen molar-refractivity contribution < 1.29 is 37.6 Å². The first-order chi connectivity index (χ1) is 11.8. The standard InChI is InChI=1S/C18H36NO7P/c1-14(2)16(20)23-12-11-19(9,10)13-15(17(3,4)5)24-27(21,22)26-25-18(6,7)8/h15H,1,11-13H2,2-10H3/p+1. The van der Waals surface area contributed by atoms with E-state index in [4.69, 9.17) is 14.1 Å². The van der Waals surface area contributed by atoms with Crippen molar-refractivity contribution in [3.63, 3.8) is 0 Å². The molecule has 0 aromatic carbocycles. The predicted octanol–water partition coefficient (Wildman–Crippen LogP) is 3.46. The molecule has 0 aliphatic rings. The quantitative estimate of drug-likeness (QED) is 0.147. The zero-order valence-electron chi connectivity index (χ0n) is 18.2. The summed E-state index contributed by atoms with van der Waals surface area (Å²) in [7, 11) is -0.567. The van der Waals surface area contributed by atoms with Gasteiger partial charge in [0.1, 0.15) is 25.8 Å². The van der Waals surface area contributed by atoms with Crippen molar-refractivity contribution in [2.75, 3.05) is 33.8 Å². The second-order valence-electron chi connectivity index (χ2n) is 9.46. The maximum absolute atomic E-state index is 12.3. The van der Waals surface area contributed by atoms with Gasteiger partial charge >= 0.3 is 13.8 Å². The molecule has 0 spiro atoms. The molecule has 9 heteroatoms. The highest BCUT2D eigenvalue weighted by molar-refractivity contribution is 7.47. The Balaban J connectivity index is 4.97. The van der Waals surface area contributed by atoms with Crippen LogP contribution in [0.2, 0.25) is 0 Å². The summed E-state index contributed by atoms with van der Waals surface area (Å²) in [5, 5.41) is 0. The van der Waals surface area contributed by atoms with Gasteiger partial charge in [-0.1, -0.05) is 27.4 Å². The van der Waals surface area contributed by atoms with Gasteiger partial charge in [0.25, 0.3) is 0 Å². The number of hydrogen-bond acceptors (Lipinski definition) is 6. The van der Waals surface area contributed by atoms with Crippen LogP contribution < -0.4 is 0 Å². The minimum absolute atomic E-state index is 0.204. The monoisotopic (exact) mass is 410 g/mol. The fourth-order valence-corrected chi connectivity index (χ4v) is 2.91. The molecule has 160 valence electrons. The molecule has 0 fully saturated rings. The van der Waals surface area contributed by atoms with Gasteiger partial charge in [0, 0.05) is 5.57 Å². The molecule has 0 amide bonds. The SMILES string of the molecule is C=C(C)C(=O)OCC[N+](C)(C)CC(OP(=O)(O)OOC(C)(C)C)C(C)(C)C. The average Bonchev–Trinajstić information content (AvgIpc) is 2.42. The molecule has 1 N–H and O–H groups in total. The normalized spacial score (nSPS) is 16.5. The summed E-state index contributed by atoms with van der Waals surface area (Å²) in [6, 6.07) is 0. The zero-order valence-corrected chi connectivity index (χ0v) is 19.1. The lowest BCUT2D eigenvalue weighted by molar-refractivity contribution is -0.894. The van der Waals surface area contributed by atoms with E-state index in [0.717, 1.165) is 0 Å². The van der Waals surface area contributed by atoms with Gasteiger partial charge in [0.2, 0.25) is 0 Å². The number of nitrogens with zero attached hydrogens (tertiary/aromatic N) is 1. The number of esters is 1. The van der Waals surface area contributed by atoms with Crippen LogP contribution in [0.15, 0.2) is 12.2 Å². The molecule has 0 aliphatic carbocycles. The molecule has 27 heavy (non-hydrogen) atoms.